The van der Waals surface area contributed by atoms with Crippen molar-refractivity contribution in [3.63, 3.8) is 0 Å². The van der Waals surface area contributed by atoms with Gasteiger partial charge in [-0.2, -0.15) is 0 Å². The molecule has 2 N–H and O–H groups in total. The Balaban J connectivity index is 3.08. The third kappa shape index (κ3) is 4.64. The molecule has 0 aliphatic rings. The van der Waals surface area contributed by atoms with Crippen molar-refractivity contribution in [2.24, 2.45) is 5.41 Å². The molecule has 8 heteroatoms. The maximum Gasteiger partial charge on any atom is 0.300 e. The van der Waals surface area contributed by atoms with Crippen molar-refractivity contribution in [3.05, 3.63) is 33.1 Å². The number of aliphatic hydroxyl groups excluding tert-OH is 1. The van der Waals surface area contributed by atoms with Crippen molar-refractivity contribution in [1.29, 1.82) is 0 Å². The van der Waals surface area contributed by atoms with Crippen LogP contribution in [0.15, 0.2) is 12.3 Å². The Bertz CT molecular complexity index is 543. The van der Waals surface area contributed by atoms with Crippen LogP contribution in [-0.2, 0) is 0 Å². The third-order valence-corrected chi connectivity index (χ3v) is 3.27. The first-order chi connectivity index (χ1) is 9.66. The summed E-state index contributed by atoms with van der Waals surface area (Å²) in [6.45, 7) is 5.62. The maximum absolute atomic E-state index is 12.3. The Morgan fingerprint density at radius 1 is 1.57 bits per heavy atom. The second-order valence-corrected chi connectivity index (χ2v) is 6.07. The molecular formula is C13H18ClN3O4. The molecule has 1 rings (SSSR count). The van der Waals surface area contributed by atoms with E-state index in [-0.39, 0.29) is 28.8 Å². The van der Waals surface area contributed by atoms with E-state index in [0.29, 0.717) is 6.42 Å². The van der Waals surface area contributed by atoms with E-state index in [4.69, 9.17) is 16.7 Å². The van der Waals surface area contributed by atoms with Crippen molar-refractivity contribution in [1.82, 2.24) is 10.3 Å². The number of halogens is 1. The van der Waals surface area contributed by atoms with Crippen LogP contribution in [-0.4, -0.2) is 33.6 Å². The number of nitrogens with one attached hydrogen (secondary N) is 1. The lowest BCUT2D eigenvalue weighted by molar-refractivity contribution is -0.385. The molecule has 0 radical (unpaired) electrons. The molecule has 116 valence electrons. The van der Waals surface area contributed by atoms with Gasteiger partial charge in [-0.15, -0.1) is 0 Å². The van der Waals surface area contributed by atoms with Gasteiger partial charge in [0.1, 0.15) is 16.9 Å². The lowest BCUT2D eigenvalue weighted by Crippen LogP contribution is -2.44. The lowest BCUT2D eigenvalue weighted by Gasteiger charge is -2.31. The lowest BCUT2D eigenvalue weighted by atomic mass is 9.84. The van der Waals surface area contributed by atoms with Gasteiger partial charge in [0.2, 0.25) is 0 Å². The minimum Gasteiger partial charge on any atom is -0.396 e. The van der Waals surface area contributed by atoms with Gasteiger partial charge in [-0.25, -0.2) is 4.98 Å². The number of carbonyl (C=O) groups excluding carboxylic acids is 1. The van der Waals surface area contributed by atoms with Crippen molar-refractivity contribution in [2.75, 3.05) is 6.61 Å². The molecule has 0 aliphatic heterocycles. The molecule has 1 amide bonds. The predicted molar refractivity (Wildman–Crippen MR) is 78.3 cm³/mol. The van der Waals surface area contributed by atoms with Crippen molar-refractivity contribution in [2.45, 2.75) is 33.2 Å². The second kappa shape index (κ2) is 6.82. The van der Waals surface area contributed by atoms with E-state index in [1.807, 2.05) is 20.8 Å². The number of carbonyl (C=O) groups is 1. The molecule has 21 heavy (non-hydrogen) atoms. The van der Waals surface area contributed by atoms with Crippen LogP contribution >= 0.6 is 11.6 Å². The number of pyridine rings is 1. The number of nitrogens with zero attached hydrogens (tertiary/aromatic N) is 2. The van der Waals surface area contributed by atoms with Crippen molar-refractivity contribution < 1.29 is 14.8 Å². The Kier molecular flexibility index (Phi) is 5.62. The minimum atomic E-state index is -0.684. The van der Waals surface area contributed by atoms with Crippen molar-refractivity contribution >= 4 is 23.2 Å². The van der Waals surface area contributed by atoms with Gasteiger partial charge in [-0.05, 0) is 17.9 Å². The first kappa shape index (κ1) is 17.3. The molecule has 0 saturated carbocycles. The van der Waals surface area contributed by atoms with E-state index in [1.165, 1.54) is 0 Å². The van der Waals surface area contributed by atoms with Crippen LogP contribution in [0.5, 0.6) is 0 Å². The molecule has 1 aromatic rings. The molecule has 0 bridgehead atoms. The van der Waals surface area contributed by atoms with Crippen LogP contribution in [0.1, 0.15) is 37.6 Å². The number of hydrogen-bond donors (Lipinski definition) is 2. The average molecular weight is 316 g/mol. The van der Waals surface area contributed by atoms with Crippen LogP contribution < -0.4 is 5.32 Å². The number of nitro groups is 1. The van der Waals surface area contributed by atoms with E-state index < -0.39 is 16.5 Å². The summed E-state index contributed by atoms with van der Waals surface area (Å²) in [5.74, 6) is -0.612. The molecular weight excluding hydrogens is 298 g/mol. The van der Waals surface area contributed by atoms with Gasteiger partial charge >= 0.3 is 0 Å². The Morgan fingerprint density at radius 2 is 2.19 bits per heavy atom. The summed E-state index contributed by atoms with van der Waals surface area (Å²) in [4.78, 5) is 26.1. The number of aliphatic hydroxyl groups is 1. The Morgan fingerprint density at radius 3 is 2.67 bits per heavy atom. The number of hydrogen-bond acceptors (Lipinski definition) is 5. The monoisotopic (exact) mass is 315 g/mol. The van der Waals surface area contributed by atoms with Gasteiger partial charge in [0, 0.05) is 12.6 Å². The highest BCUT2D eigenvalue weighted by molar-refractivity contribution is 6.29. The Labute approximate surface area is 127 Å². The van der Waals surface area contributed by atoms with E-state index in [2.05, 4.69) is 10.3 Å². The smallest absolute Gasteiger partial charge is 0.300 e. The van der Waals surface area contributed by atoms with E-state index >= 15 is 0 Å². The van der Waals surface area contributed by atoms with Crippen LogP contribution in [0.25, 0.3) is 0 Å². The largest absolute Gasteiger partial charge is 0.396 e. The predicted octanol–water partition coefficient (Wildman–Crippen LogP) is 2.17. The summed E-state index contributed by atoms with van der Waals surface area (Å²) in [7, 11) is 0. The fraction of sp³-hybridized carbons (Fsp3) is 0.538. The quantitative estimate of drug-likeness (QED) is 0.492. The second-order valence-electron chi connectivity index (χ2n) is 5.69. The van der Waals surface area contributed by atoms with E-state index in [0.717, 1.165) is 12.3 Å². The van der Waals surface area contributed by atoms with Crippen LogP contribution in [0.4, 0.5) is 5.69 Å². The third-order valence-electron chi connectivity index (χ3n) is 3.06. The molecule has 1 aromatic heterocycles. The zero-order valence-corrected chi connectivity index (χ0v) is 12.8. The number of aromatic nitrogens is 1. The Hall–Kier alpha value is -1.73. The summed E-state index contributed by atoms with van der Waals surface area (Å²) in [5, 5.41) is 22.7. The minimum absolute atomic E-state index is 0.000201. The molecule has 0 saturated heterocycles. The molecule has 0 spiro atoms. The zero-order chi connectivity index (χ0) is 16.2. The molecule has 0 aliphatic carbocycles. The highest BCUT2D eigenvalue weighted by Gasteiger charge is 2.29. The SMILES string of the molecule is CC(C)(C)C(CCO)NC(=O)c1cc(Cl)ncc1[N+](=O)[O-]. The van der Waals surface area contributed by atoms with Crippen LogP contribution in [0, 0.1) is 15.5 Å². The summed E-state index contributed by atoms with van der Waals surface area (Å²) in [5.41, 5.74) is -0.856. The normalized spacial score (nSPS) is 12.8. The number of amides is 1. The molecule has 1 atom stereocenters. The maximum atomic E-state index is 12.3. The standard InChI is InChI=1S/C13H18ClN3O4/c1-13(2,3)10(4-5-18)16-12(19)8-6-11(14)15-7-9(8)17(20)21/h6-7,10,18H,4-5H2,1-3H3,(H,16,19). The zero-order valence-electron chi connectivity index (χ0n) is 12.1. The topological polar surface area (TPSA) is 105 Å². The van der Waals surface area contributed by atoms with Crippen molar-refractivity contribution in [3.8, 4) is 0 Å². The summed E-state index contributed by atoms with van der Waals surface area (Å²) in [6.07, 6.45) is 1.30. The highest BCUT2D eigenvalue weighted by atomic mass is 35.5. The summed E-state index contributed by atoms with van der Waals surface area (Å²) < 4.78 is 0. The van der Waals surface area contributed by atoms with E-state index in [1.54, 1.807) is 0 Å². The fourth-order valence-electron chi connectivity index (χ4n) is 1.84. The molecule has 0 fully saturated rings. The summed E-state index contributed by atoms with van der Waals surface area (Å²) in [6, 6.07) is 0.829. The fourth-order valence-corrected chi connectivity index (χ4v) is 1.99. The van der Waals surface area contributed by atoms with Gasteiger partial charge in [0.25, 0.3) is 11.6 Å². The van der Waals surface area contributed by atoms with Gasteiger partial charge in [0.15, 0.2) is 0 Å². The van der Waals surface area contributed by atoms with Gasteiger partial charge < -0.3 is 10.4 Å². The van der Waals surface area contributed by atoms with Gasteiger partial charge in [0.05, 0.1) is 4.92 Å². The molecule has 0 aromatic carbocycles. The van der Waals surface area contributed by atoms with Gasteiger partial charge in [-0.1, -0.05) is 32.4 Å². The number of rotatable bonds is 5. The highest BCUT2D eigenvalue weighted by Crippen LogP contribution is 2.24. The van der Waals surface area contributed by atoms with E-state index in [9.17, 15) is 14.9 Å². The van der Waals surface area contributed by atoms with Crippen LogP contribution in [0.3, 0.4) is 0 Å². The average Bonchev–Trinajstić information content (AvgIpc) is 2.36. The summed E-state index contributed by atoms with van der Waals surface area (Å²) >= 11 is 5.70. The molecule has 1 heterocycles. The first-order valence-corrected chi connectivity index (χ1v) is 6.76. The molecule has 7 nitrogen and oxygen atoms in total. The molecule has 1 unspecified atom stereocenters. The first-order valence-electron chi connectivity index (χ1n) is 6.38. The van der Waals surface area contributed by atoms with Crippen LogP contribution in [0.2, 0.25) is 5.15 Å². The van der Waals surface area contributed by atoms with Gasteiger partial charge in [-0.3, -0.25) is 14.9 Å².